The lowest BCUT2D eigenvalue weighted by molar-refractivity contribution is -0.135. The van der Waals surface area contributed by atoms with Crippen LogP contribution in [0, 0.1) is 5.82 Å². The molecular formula is C31H38FN7O2. The lowest BCUT2D eigenvalue weighted by atomic mass is 10.1. The normalized spacial score (nSPS) is 19.6. The summed E-state index contributed by atoms with van der Waals surface area (Å²) in [5.41, 5.74) is 2.43. The second kappa shape index (κ2) is 13.2. The van der Waals surface area contributed by atoms with Crippen molar-refractivity contribution in [3.8, 4) is 5.69 Å². The smallest absolute Gasteiger partial charge is 0.251 e. The van der Waals surface area contributed by atoms with Crippen molar-refractivity contribution in [2.45, 2.75) is 37.3 Å². The standard InChI is InChI=1S/C31H38FN7O2/c1-3-15-37(29-22-27(29)23-6-10-25(32)11-7-23)16-4-5-28(31(41)38-20-18-36(2)19-21-38)34-30(40)24-8-12-26(13-9-24)39-17-14-33-35-39/h3,6-14,17,27-29H,1,4-5,15-16,18-22H2,2H3,(H,34,40)/t27-,28?,29+/m0/s1. The largest absolute Gasteiger partial charge is 0.340 e. The summed E-state index contributed by atoms with van der Waals surface area (Å²) in [5, 5.41) is 10.8. The van der Waals surface area contributed by atoms with Crippen LogP contribution in [-0.2, 0) is 4.79 Å². The molecule has 1 unspecified atom stereocenters. The molecule has 1 aliphatic carbocycles. The van der Waals surface area contributed by atoms with Crippen molar-refractivity contribution in [3.63, 3.8) is 0 Å². The predicted molar refractivity (Wildman–Crippen MR) is 155 cm³/mol. The maximum absolute atomic E-state index is 13.6. The van der Waals surface area contributed by atoms with Crippen LogP contribution in [0.1, 0.15) is 41.1 Å². The van der Waals surface area contributed by atoms with Crippen molar-refractivity contribution in [2.24, 2.45) is 0 Å². The van der Waals surface area contributed by atoms with Crippen molar-refractivity contribution in [3.05, 3.63) is 90.5 Å². The van der Waals surface area contributed by atoms with Gasteiger partial charge in [-0.05, 0) is 74.8 Å². The molecule has 216 valence electrons. The van der Waals surface area contributed by atoms with Gasteiger partial charge in [-0.3, -0.25) is 14.5 Å². The third kappa shape index (κ3) is 7.25. The highest BCUT2D eigenvalue weighted by Crippen LogP contribution is 2.44. The molecule has 41 heavy (non-hydrogen) atoms. The molecule has 1 aromatic heterocycles. The molecule has 10 heteroatoms. The number of nitrogens with one attached hydrogen (secondary N) is 1. The first-order valence-electron chi connectivity index (χ1n) is 14.3. The fraction of sp³-hybridized carbons (Fsp3) is 0.419. The molecule has 2 fully saturated rings. The first-order valence-corrected chi connectivity index (χ1v) is 14.3. The number of hydrogen-bond acceptors (Lipinski definition) is 6. The molecule has 0 radical (unpaired) electrons. The van der Waals surface area contributed by atoms with Crippen molar-refractivity contribution in [1.82, 2.24) is 35.0 Å². The maximum atomic E-state index is 13.6. The molecular weight excluding hydrogens is 521 g/mol. The van der Waals surface area contributed by atoms with Crippen LogP contribution >= 0.6 is 0 Å². The Morgan fingerprint density at radius 1 is 1.12 bits per heavy atom. The van der Waals surface area contributed by atoms with E-state index >= 15 is 0 Å². The summed E-state index contributed by atoms with van der Waals surface area (Å²) in [6, 6.07) is 13.6. The van der Waals surface area contributed by atoms with Gasteiger partial charge < -0.3 is 15.1 Å². The van der Waals surface area contributed by atoms with E-state index in [-0.39, 0.29) is 17.6 Å². The molecule has 1 saturated carbocycles. The lowest BCUT2D eigenvalue weighted by Crippen LogP contribution is -2.54. The van der Waals surface area contributed by atoms with E-state index < -0.39 is 6.04 Å². The molecule has 2 aliphatic rings. The number of nitrogens with zero attached hydrogens (tertiary/aromatic N) is 6. The highest BCUT2D eigenvalue weighted by Gasteiger charge is 2.42. The van der Waals surface area contributed by atoms with Crippen LogP contribution in [0.3, 0.4) is 0 Å². The molecule has 0 bridgehead atoms. The zero-order valence-electron chi connectivity index (χ0n) is 23.5. The Hall–Kier alpha value is -3.89. The van der Waals surface area contributed by atoms with E-state index in [9.17, 15) is 14.0 Å². The highest BCUT2D eigenvalue weighted by atomic mass is 19.1. The van der Waals surface area contributed by atoms with Crippen LogP contribution in [0.2, 0.25) is 0 Å². The van der Waals surface area contributed by atoms with Crippen molar-refractivity contribution < 1.29 is 14.0 Å². The Kier molecular flexibility index (Phi) is 9.21. The van der Waals surface area contributed by atoms with Crippen LogP contribution in [0.4, 0.5) is 4.39 Å². The quantitative estimate of drug-likeness (QED) is 0.343. The zero-order chi connectivity index (χ0) is 28.8. The van der Waals surface area contributed by atoms with Crippen molar-refractivity contribution in [1.29, 1.82) is 0 Å². The minimum Gasteiger partial charge on any atom is -0.340 e. The van der Waals surface area contributed by atoms with Crippen LogP contribution in [0.5, 0.6) is 0 Å². The SMILES string of the molecule is C=CCN(CCCC(NC(=O)c1ccc(-n2ccnn2)cc1)C(=O)N1CCN(C)CC1)[C@@H]1C[C@H]1c1ccc(F)cc1. The maximum Gasteiger partial charge on any atom is 0.251 e. The average molecular weight is 560 g/mol. The van der Waals surface area contributed by atoms with E-state index in [0.29, 0.717) is 37.0 Å². The van der Waals surface area contributed by atoms with Crippen molar-refractivity contribution in [2.75, 3.05) is 46.3 Å². The Morgan fingerprint density at radius 3 is 2.51 bits per heavy atom. The molecule has 2 amide bonds. The number of hydrogen-bond donors (Lipinski definition) is 1. The molecule has 3 aromatic rings. The molecule has 9 nitrogen and oxygen atoms in total. The third-order valence-corrected chi connectivity index (χ3v) is 8.06. The number of rotatable bonds is 12. The number of carbonyl (C=O) groups is 2. The fourth-order valence-electron chi connectivity index (χ4n) is 5.57. The van der Waals surface area contributed by atoms with Gasteiger partial charge in [-0.1, -0.05) is 23.4 Å². The molecule has 1 saturated heterocycles. The minimum atomic E-state index is -0.612. The zero-order valence-corrected chi connectivity index (χ0v) is 23.5. The summed E-state index contributed by atoms with van der Waals surface area (Å²) < 4.78 is 15.0. The number of likely N-dealkylation sites (N-methyl/N-ethyl adjacent to an activating group) is 1. The van der Waals surface area contributed by atoms with Gasteiger partial charge in [0.2, 0.25) is 5.91 Å². The van der Waals surface area contributed by atoms with Gasteiger partial charge in [0.25, 0.3) is 5.91 Å². The average Bonchev–Trinajstić information content (AvgIpc) is 3.59. The van der Waals surface area contributed by atoms with Gasteiger partial charge in [0.15, 0.2) is 0 Å². The summed E-state index contributed by atoms with van der Waals surface area (Å²) in [6.45, 7) is 8.39. The second-order valence-corrected chi connectivity index (χ2v) is 10.9. The van der Waals surface area contributed by atoms with E-state index in [1.54, 1.807) is 41.3 Å². The summed E-state index contributed by atoms with van der Waals surface area (Å²) in [7, 11) is 2.05. The van der Waals surface area contributed by atoms with Gasteiger partial charge in [-0.25, -0.2) is 9.07 Å². The van der Waals surface area contributed by atoms with Crippen LogP contribution < -0.4 is 5.32 Å². The molecule has 5 rings (SSSR count). The third-order valence-electron chi connectivity index (χ3n) is 8.06. The molecule has 2 aromatic carbocycles. The van der Waals surface area contributed by atoms with Gasteiger partial charge >= 0.3 is 0 Å². The van der Waals surface area contributed by atoms with Gasteiger partial charge in [-0.15, -0.1) is 11.7 Å². The van der Waals surface area contributed by atoms with Gasteiger partial charge in [-0.2, -0.15) is 0 Å². The first-order chi connectivity index (χ1) is 19.9. The molecule has 1 N–H and O–H groups in total. The van der Waals surface area contributed by atoms with Gasteiger partial charge in [0, 0.05) is 50.2 Å². The summed E-state index contributed by atoms with van der Waals surface area (Å²) in [6.07, 6.45) is 7.53. The Labute approximate surface area is 240 Å². The van der Waals surface area contributed by atoms with Crippen LogP contribution in [-0.4, -0.2) is 99.9 Å². The lowest BCUT2D eigenvalue weighted by Gasteiger charge is -2.35. The number of benzene rings is 2. The molecule has 3 atom stereocenters. The summed E-state index contributed by atoms with van der Waals surface area (Å²) in [5.74, 6) is -0.155. The van der Waals surface area contributed by atoms with E-state index in [2.05, 4.69) is 39.1 Å². The molecule has 0 spiro atoms. The first kappa shape index (κ1) is 28.6. The van der Waals surface area contributed by atoms with Crippen LogP contribution in [0.25, 0.3) is 5.69 Å². The van der Waals surface area contributed by atoms with Crippen molar-refractivity contribution >= 4 is 11.8 Å². The van der Waals surface area contributed by atoms with E-state index in [0.717, 1.165) is 50.3 Å². The van der Waals surface area contributed by atoms with Crippen LogP contribution in [0.15, 0.2) is 73.6 Å². The Morgan fingerprint density at radius 2 is 1.85 bits per heavy atom. The fourth-order valence-corrected chi connectivity index (χ4v) is 5.57. The summed E-state index contributed by atoms with van der Waals surface area (Å²) >= 11 is 0. The molecule has 1 aliphatic heterocycles. The van der Waals surface area contributed by atoms with E-state index in [1.165, 1.54) is 12.1 Å². The highest BCUT2D eigenvalue weighted by molar-refractivity contribution is 5.97. The second-order valence-electron chi connectivity index (χ2n) is 10.9. The topological polar surface area (TPSA) is 86.6 Å². The predicted octanol–water partition coefficient (Wildman–Crippen LogP) is 3.10. The minimum absolute atomic E-state index is 0.0310. The Balaban J connectivity index is 1.22. The van der Waals surface area contributed by atoms with Gasteiger partial charge in [0.05, 0.1) is 18.1 Å². The molecule has 2 heterocycles. The monoisotopic (exact) mass is 559 g/mol. The Bertz CT molecular complexity index is 1310. The number of amides is 2. The van der Waals surface area contributed by atoms with E-state index in [4.69, 9.17) is 0 Å². The van der Waals surface area contributed by atoms with Gasteiger partial charge in [0.1, 0.15) is 11.9 Å². The summed E-state index contributed by atoms with van der Waals surface area (Å²) in [4.78, 5) is 33.3. The van der Waals surface area contributed by atoms with E-state index in [1.807, 2.05) is 23.1 Å². The number of aromatic nitrogens is 3. The number of piperazine rings is 1. The number of halogens is 1. The number of carbonyl (C=O) groups excluding carboxylic acids is 2.